The second-order valence-electron chi connectivity index (χ2n) is 4.33. The Hall–Kier alpha value is -1.77. The second kappa shape index (κ2) is 4.00. The molecule has 2 aromatic rings. The van der Waals surface area contributed by atoms with Crippen LogP contribution in [0, 0.1) is 0 Å². The average molecular weight is 216 g/mol. The number of aromatic nitrogens is 2. The van der Waals surface area contributed by atoms with Gasteiger partial charge in [0.2, 0.25) is 0 Å². The van der Waals surface area contributed by atoms with E-state index in [4.69, 9.17) is 0 Å². The van der Waals surface area contributed by atoms with Crippen molar-refractivity contribution in [2.75, 3.05) is 0 Å². The van der Waals surface area contributed by atoms with Crippen molar-refractivity contribution >= 4 is 0 Å². The van der Waals surface area contributed by atoms with Gasteiger partial charge in [0.1, 0.15) is 5.75 Å². The van der Waals surface area contributed by atoms with Crippen LogP contribution < -0.4 is 0 Å². The SMILES string of the molecule is CC(C)c1ccc(O)c(-c2cnn(C)c2)c1. The van der Waals surface area contributed by atoms with Crippen LogP contribution in [0.25, 0.3) is 11.1 Å². The van der Waals surface area contributed by atoms with Crippen molar-refractivity contribution in [3.63, 3.8) is 0 Å². The van der Waals surface area contributed by atoms with Gasteiger partial charge in [0, 0.05) is 24.4 Å². The summed E-state index contributed by atoms with van der Waals surface area (Å²) < 4.78 is 1.73. The molecule has 0 saturated heterocycles. The molecule has 0 unspecified atom stereocenters. The lowest BCUT2D eigenvalue weighted by atomic mass is 9.98. The van der Waals surface area contributed by atoms with Gasteiger partial charge in [0.05, 0.1) is 6.20 Å². The maximum Gasteiger partial charge on any atom is 0.123 e. The van der Waals surface area contributed by atoms with Gasteiger partial charge in [0.25, 0.3) is 0 Å². The molecule has 0 bridgehead atoms. The highest BCUT2D eigenvalue weighted by atomic mass is 16.3. The zero-order chi connectivity index (χ0) is 11.7. The molecule has 1 aromatic heterocycles. The van der Waals surface area contributed by atoms with E-state index in [1.807, 2.05) is 25.4 Å². The molecular weight excluding hydrogens is 200 g/mol. The van der Waals surface area contributed by atoms with Crippen LogP contribution >= 0.6 is 0 Å². The molecule has 16 heavy (non-hydrogen) atoms. The zero-order valence-electron chi connectivity index (χ0n) is 9.81. The van der Waals surface area contributed by atoms with Crippen molar-refractivity contribution in [2.45, 2.75) is 19.8 Å². The van der Waals surface area contributed by atoms with E-state index in [1.165, 1.54) is 5.56 Å². The summed E-state index contributed by atoms with van der Waals surface area (Å²) in [5.74, 6) is 0.758. The standard InChI is InChI=1S/C13H16N2O/c1-9(2)10-4-5-13(16)12(6-10)11-7-14-15(3)8-11/h4-9,16H,1-3H3. The zero-order valence-corrected chi connectivity index (χ0v) is 9.81. The maximum atomic E-state index is 9.84. The Balaban J connectivity index is 2.51. The smallest absolute Gasteiger partial charge is 0.123 e. The Kier molecular flexibility index (Phi) is 2.69. The third-order valence-electron chi connectivity index (χ3n) is 2.70. The summed E-state index contributed by atoms with van der Waals surface area (Å²) in [7, 11) is 1.87. The number of nitrogens with zero attached hydrogens (tertiary/aromatic N) is 2. The van der Waals surface area contributed by atoms with Gasteiger partial charge in [-0.2, -0.15) is 5.10 Å². The number of benzene rings is 1. The Bertz CT molecular complexity index is 500. The predicted molar refractivity (Wildman–Crippen MR) is 64.4 cm³/mol. The summed E-state index contributed by atoms with van der Waals surface area (Å²) in [5.41, 5.74) is 3.01. The van der Waals surface area contributed by atoms with E-state index in [2.05, 4.69) is 18.9 Å². The fourth-order valence-electron chi connectivity index (χ4n) is 1.70. The quantitative estimate of drug-likeness (QED) is 0.838. The normalized spacial score (nSPS) is 11.0. The minimum Gasteiger partial charge on any atom is -0.507 e. The molecule has 1 heterocycles. The lowest BCUT2D eigenvalue weighted by Gasteiger charge is -2.08. The molecule has 0 aliphatic rings. The van der Waals surface area contributed by atoms with Crippen LogP contribution in [0.4, 0.5) is 0 Å². The lowest BCUT2D eigenvalue weighted by Crippen LogP contribution is -1.88. The summed E-state index contributed by atoms with van der Waals surface area (Å²) in [4.78, 5) is 0. The Morgan fingerprint density at radius 1 is 1.31 bits per heavy atom. The third kappa shape index (κ3) is 1.94. The fraction of sp³-hybridized carbons (Fsp3) is 0.308. The molecule has 0 amide bonds. The highest BCUT2D eigenvalue weighted by molar-refractivity contribution is 5.69. The number of rotatable bonds is 2. The summed E-state index contributed by atoms with van der Waals surface area (Å²) in [6.07, 6.45) is 3.66. The topological polar surface area (TPSA) is 38.1 Å². The number of phenolic OH excluding ortho intramolecular Hbond substituents is 1. The molecule has 0 spiro atoms. The third-order valence-corrected chi connectivity index (χ3v) is 2.70. The highest BCUT2D eigenvalue weighted by Crippen LogP contribution is 2.31. The van der Waals surface area contributed by atoms with Crippen molar-refractivity contribution < 1.29 is 5.11 Å². The van der Waals surface area contributed by atoms with Crippen molar-refractivity contribution in [3.8, 4) is 16.9 Å². The Labute approximate surface area is 95.3 Å². The lowest BCUT2D eigenvalue weighted by molar-refractivity contribution is 0.477. The minimum absolute atomic E-state index is 0.303. The largest absolute Gasteiger partial charge is 0.507 e. The van der Waals surface area contributed by atoms with Crippen LogP contribution in [0.5, 0.6) is 5.75 Å². The molecular formula is C13H16N2O. The maximum absolute atomic E-state index is 9.84. The monoisotopic (exact) mass is 216 g/mol. The van der Waals surface area contributed by atoms with Gasteiger partial charge in [-0.25, -0.2) is 0 Å². The highest BCUT2D eigenvalue weighted by Gasteiger charge is 2.08. The predicted octanol–water partition coefficient (Wildman–Crippen LogP) is 2.92. The van der Waals surface area contributed by atoms with Gasteiger partial charge in [-0.3, -0.25) is 4.68 Å². The summed E-state index contributed by atoms with van der Waals surface area (Å²) in [6.45, 7) is 4.28. The second-order valence-corrected chi connectivity index (χ2v) is 4.33. The van der Waals surface area contributed by atoms with Crippen LogP contribution in [0.1, 0.15) is 25.3 Å². The van der Waals surface area contributed by atoms with Gasteiger partial charge >= 0.3 is 0 Å². The molecule has 1 N–H and O–H groups in total. The van der Waals surface area contributed by atoms with E-state index in [1.54, 1.807) is 16.9 Å². The van der Waals surface area contributed by atoms with Gasteiger partial charge in [-0.15, -0.1) is 0 Å². The van der Waals surface area contributed by atoms with Crippen molar-refractivity contribution in [2.24, 2.45) is 7.05 Å². The van der Waals surface area contributed by atoms with Gasteiger partial charge < -0.3 is 5.11 Å². The molecule has 1 aromatic carbocycles. The average Bonchev–Trinajstić information content (AvgIpc) is 2.65. The number of hydrogen-bond donors (Lipinski definition) is 1. The molecule has 0 aliphatic heterocycles. The molecule has 3 nitrogen and oxygen atoms in total. The van der Waals surface area contributed by atoms with Crippen LogP contribution in [0.15, 0.2) is 30.6 Å². The van der Waals surface area contributed by atoms with Crippen LogP contribution in [-0.4, -0.2) is 14.9 Å². The van der Waals surface area contributed by atoms with E-state index >= 15 is 0 Å². The van der Waals surface area contributed by atoms with Crippen molar-refractivity contribution in [3.05, 3.63) is 36.2 Å². The molecule has 0 saturated carbocycles. The minimum atomic E-state index is 0.303. The fourth-order valence-corrected chi connectivity index (χ4v) is 1.70. The first-order chi connectivity index (χ1) is 7.58. The van der Waals surface area contributed by atoms with E-state index in [0.29, 0.717) is 11.7 Å². The van der Waals surface area contributed by atoms with Gasteiger partial charge in [0.15, 0.2) is 0 Å². The van der Waals surface area contributed by atoms with E-state index in [0.717, 1.165) is 11.1 Å². The summed E-state index contributed by atoms with van der Waals surface area (Å²) in [6, 6.07) is 5.73. The van der Waals surface area contributed by atoms with Crippen LogP contribution in [0.2, 0.25) is 0 Å². The van der Waals surface area contributed by atoms with Gasteiger partial charge in [-0.05, 0) is 23.6 Å². The molecule has 2 rings (SSSR count). The first-order valence-electron chi connectivity index (χ1n) is 5.40. The summed E-state index contributed by atoms with van der Waals surface area (Å²) >= 11 is 0. The van der Waals surface area contributed by atoms with Crippen molar-refractivity contribution in [1.29, 1.82) is 0 Å². The van der Waals surface area contributed by atoms with Crippen LogP contribution in [0.3, 0.4) is 0 Å². The number of aromatic hydroxyl groups is 1. The van der Waals surface area contributed by atoms with E-state index in [9.17, 15) is 5.11 Å². The number of aryl methyl sites for hydroxylation is 1. The first-order valence-corrected chi connectivity index (χ1v) is 5.40. The molecule has 0 radical (unpaired) electrons. The number of hydrogen-bond acceptors (Lipinski definition) is 2. The summed E-state index contributed by atoms with van der Waals surface area (Å²) in [5, 5.41) is 14.0. The first kappa shape index (κ1) is 10.7. The van der Waals surface area contributed by atoms with Crippen LogP contribution in [-0.2, 0) is 7.05 Å². The molecule has 84 valence electrons. The number of phenols is 1. The van der Waals surface area contributed by atoms with Crippen molar-refractivity contribution in [1.82, 2.24) is 9.78 Å². The molecule has 0 fully saturated rings. The van der Waals surface area contributed by atoms with Gasteiger partial charge in [-0.1, -0.05) is 19.9 Å². The van der Waals surface area contributed by atoms with E-state index in [-0.39, 0.29) is 0 Å². The Morgan fingerprint density at radius 3 is 2.62 bits per heavy atom. The molecule has 0 aliphatic carbocycles. The Morgan fingerprint density at radius 2 is 2.06 bits per heavy atom. The van der Waals surface area contributed by atoms with E-state index < -0.39 is 0 Å². The molecule has 3 heteroatoms. The molecule has 0 atom stereocenters.